The van der Waals surface area contributed by atoms with Crippen molar-refractivity contribution in [3.8, 4) is 5.69 Å². The summed E-state index contributed by atoms with van der Waals surface area (Å²) < 4.78 is 1.47. The number of rotatable bonds is 5. The Labute approximate surface area is 115 Å². The van der Waals surface area contributed by atoms with Gasteiger partial charge in [0.05, 0.1) is 11.7 Å². The normalized spacial score (nSPS) is 11.8. The predicted molar refractivity (Wildman–Crippen MR) is 77.8 cm³/mol. The van der Waals surface area contributed by atoms with Gasteiger partial charge in [0, 0.05) is 18.1 Å². The highest BCUT2D eigenvalue weighted by atomic mass is 16.2. The first-order valence-corrected chi connectivity index (χ1v) is 6.15. The van der Waals surface area contributed by atoms with Crippen LogP contribution < -0.4 is 16.7 Å². The summed E-state index contributed by atoms with van der Waals surface area (Å²) in [5.41, 5.74) is 6.80. The minimum Gasteiger partial charge on any atom is -0.325 e. The molecule has 0 aliphatic carbocycles. The van der Waals surface area contributed by atoms with Crippen molar-refractivity contribution in [3.05, 3.63) is 59.8 Å². The summed E-state index contributed by atoms with van der Waals surface area (Å²) >= 11 is 0. The second-order valence-electron chi connectivity index (χ2n) is 4.30. The second-order valence-corrected chi connectivity index (χ2v) is 4.30. The van der Waals surface area contributed by atoms with Crippen LogP contribution in [-0.4, -0.2) is 21.5 Å². The molecule has 104 valence electrons. The molecule has 0 radical (unpaired) electrons. The highest BCUT2D eigenvalue weighted by Crippen LogP contribution is 2.12. The molecule has 6 nitrogen and oxygen atoms in total. The van der Waals surface area contributed by atoms with Crippen LogP contribution in [0.25, 0.3) is 5.69 Å². The summed E-state index contributed by atoms with van der Waals surface area (Å²) in [6, 6.07) is 6.30. The van der Waals surface area contributed by atoms with Gasteiger partial charge in [0.25, 0.3) is 0 Å². The highest BCUT2D eigenvalue weighted by molar-refractivity contribution is 5.94. The molecule has 1 heterocycles. The van der Waals surface area contributed by atoms with Gasteiger partial charge in [0.1, 0.15) is 0 Å². The maximum atomic E-state index is 11.7. The molecule has 20 heavy (non-hydrogen) atoms. The van der Waals surface area contributed by atoms with E-state index in [4.69, 9.17) is 5.73 Å². The molecule has 2 aromatic rings. The van der Waals surface area contributed by atoms with E-state index < -0.39 is 6.04 Å². The van der Waals surface area contributed by atoms with Gasteiger partial charge in [0.2, 0.25) is 5.91 Å². The predicted octanol–water partition coefficient (Wildman–Crippen LogP) is 1.01. The zero-order valence-electron chi connectivity index (χ0n) is 10.9. The molecule has 4 N–H and O–H groups in total. The quantitative estimate of drug-likeness (QED) is 0.709. The number of hydrogen-bond acceptors (Lipinski definition) is 3. The smallest absolute Gasteiger partial charge is 0.325 e. The minimum absolute atomic E-state index is 0.213. The third-order valence-electron chi connectivity index (χ3n) is 2.82. The Kier molecular flexibility index (Phi) is 4.17. The first-order chi connectivity index (χ1) is 9.61. The first-order valence-electron chi connectivity index (χ1n) is 6.15. The van der Waals surface area contributed by atoms with Crippen LogP contribution in [0, 0.1) is 0 Å². The summed E-state index contributed by atoms with van der Waals surface area (Å²) in [5, 5.41) is 2.71. The molecule has 1 atom stereocenters. The molecule has 0 saturated carbocycles. The van der Waals surface area contributed by atoms with Crippen LogP contribution >= 0.6 is 0 Å². The maximum Gasteiger partial charge on any atom is 0.330 e. The van der Waals surface area contributed by atoms with Crippen molar-refractivity contribution < 1.29 is 4.79 Å². The number of aromatic amines is 1. The number of amides is 1. The van der Waals surface area contributed by atoms with Crippen LogP contribution in [0.2, 0.25) is 0 Å². The molecule has 1 aromatic carbocycles. The van der Waals surface area contributed by atoms with Crippen molar-refractivity contribution in [3.63, 3.8) is 0 Å². The summed E-state index contributed by atoms with van der Waals surface area (Å²) in [6.07, 6.45) is 5.22. The lowest BCUT2D eigenvalue weighted by Crippen LogP contribution is -2.35. The third-order valence-corrected chi connectivity index (χ3v) is 2.82. The Morgan fingerprint density at radius 2 is 2.15 bits per heavy atom. The molecule has 0 bridgehead atoms. The number of anilines is 1. The van der Waals surface area contributed by atoms with E-state index in [1.54, 1.807) is 42.7 Å². The molecular formula is C14H16N4O2. The van der Waals surface area contributed by atoms with Gasteiger partial charge in [-0.15, -0.1) is 6.58 Å². The van der Waals surface area contributed by atoms with Crippen molar-refractivity contribution >= 4 is 11.6 Å². The lowest BCUT2D eigenvalue weighted by Gasteiger charge is -2.10. The number of H-pyrrole nitrogens is 1. The van der Waals surface area contributed by atoms with E-state index >= 15 is 0 Å². The molecule has 6 heteroatoms. The lowest BCUT2D eigenvalue weighted by atomic mass is 10.2. The van der Waals surface area contributed by atoms with Gasteiger partial charge < -0.3 is 16.0 Å². The number of imidazole rings is 1. The molecule has 0 aliphatic rings. The van der Waals surface area contributed by atoms with Gasteiger partial charge in [-0.2, -0.15) is 0 Å². The maximum absolute atomic E-state index is 11.7. The van der Waals surface area contributed by atoms with Crippen molar-refractivity contribution in [1.82, 2.24) is 9.55 Å². The number of benzene rings is 1. The van der Waals surface area contributed by atoms with Gasteiger partial charge in [0.15, 0.2) is 0 Å². The SMILES string of the molecule is C=CCC(N)C(=O)Nc1ccc(-n2cc[nH]c2=O)cc1. The first kappa shape index (κ1) is 13.8. The Morgan fingerprint density at radius 1 is 1.45 bits per heavy atom. The Hall–Kier alpha value is -2.60. The second kappa shape index (κ2) is 6.03. The van der Waals surface area contributed by atoms with E-state index in [-0.39, 0.29) is 11.6 Å². The molecule has 2 rings (SSSR count). The van der Waals surface area contributed by atoms with Gasteiger partial charge >= 0.3 is 5.69 Å². The van der Waals surface area contributed by atoms with Crippen LogP contribution in [0.5, 0.6) is 0 Å². The number of hydrogen-bond donors (Lipinski definition) is 3. The van der Waals surface area contributed by atoms with Crippen molar-refractivity contribution in [1.29, 1.82) is 0 Å². The van der Waals surface area contributed by atoms with Crippen LogP contribution in [0.1, 0.15) is 6.42 Å². The monoisotopic (exact) mass is 272 g/mol. The molecule has 0 aliphatic heterocycles. The third kappa shape index (κ3) is 3.04. The van der Waals surface area contributed by atoms with Crippen LogP contribution in [0.3, 0.4) is 0 Å². The van der Waals surface area contributed by atoms with Crippen molar-refractivity contribution in [2.45, 2.75) is 12.5 Å². The Morgan fingerprint density at radius 3 is 2.70 bits per heavy atom. The molecule has 0 spiro atoms. The molecule has 1 aromatic heterocycles. The van der Waals surface area contributed by atoms with Gasteiger partial charge in [-0.25, -0.2) is 4.79 Å². The van der Waals surface area contributed by atoms with E-state index in [0.29, 0.717) is 17.8 Å². The van der Waals surface area contributed by atoms with Crippen molar-refractivity contribution in [2.24, 2.45) is 5.73 Å². The van der Waals surface area contributed by atoms with E-state index in [9.17, 15) is 9.59 Å². The Bertz CT molecular complexity index is 654. The van der Waals surface area contributed by atoms with Crippen molar-refractivity contribution in [2.75, 3.05) is 5.32 Å². The number of aromatic nitrogens is 2. The standard InChI is InChI=1S/C14H16N4O2/c1-2-3-12(15)13(19)17-10-4-6-11(7-5-10)18-9-8-16-14(18)20/h2,4-9,12H,1,3,15H2,(H,16,20)(H,17,19). The Balaban J connectivity index is 2.09. The zero-order chi connectivity index (χ0) is 14.5. The largest absolute Gasteiger partial charge is 0.330 e. The van der Waals surface area contributed by atoms with Gasteiger partial charge in [-0.1, -0.05) is 6.08 Å². The average Bonchev–Trinajstić information content (AvgIpc) is 2.86. The highest BCUT2D eigenvalue weighted by Gasteiger charge is 2.11. The fourth-order valence-corrected chi connectivity index (χ4v) is 1.75. The van der Waals surface area contributed by atoms with E-state index in [1.807, 2.05) is 0 Å². The van der Waals surface area contributed by atoms with Crippen LogP contribution in [0.15, 0.2) is 54.1 Å². The van der Waals surface area contributed by atoms with E-state index in [1.165, 1.54) is 4.57 Å². The minimum atomic E-state index is -0.612. The fourth-order valence-electron chi connectivity index (χ4n) is 1.75. The number of nitrogens with one attached hydrogen (secondary N) is 2. The van der Waals surface area contributed by atoms with Gasteiger partial charge in [-0.3, -0.25) is 9.36 Å². The zero-order valence-corrected chi connectivity index (χ0v) is 10.9. The van der Waals surface area contributed by atoms with Crippen LogP contribution in [-0.2, 0) is 4.79 Å². The molecule has 0 saturated heterocycles. The molecule has 1 amide bonds. The summed E-state index contributed by atoms with van der Waals surface area (Å²) in [7, 11) is 0. The molecule has 1 unspecified atom stereocenters. The van der Waals surface area contributed by atoms with Gasteiger partial charge in [-0.05, 0) is 30.7 Å². The summed E-state index contributed by atoms with van der Waals surface area (Å²) in [5.74, 6) is -0.267. The molecule has 0 fully saturated rings. The average molecular weight is 272 g/mol. The number of nitrogens with two attached hydrogens (primary N) is 1. The number of carbonyl (C=O) groups excluding carboxylic acids is 1. The van der Waals surface area contributed by atoms with E-state index in [2.05, 4.69) is 16.9 Å². The number of nitrogens with zero attached hydrogens (tertiary/aromatic N) is 1. The van der Waals surface area contributed by atoms with E-state index in [0.717, 1.165) is 0 Å². The van der Waals surface area contributed by atoms with Crippen LogP contribution in [0.4, 0.5) is 5.69 Å². The number of carbonyl (C=O) groups is 1. The topological polar surface area (TPSA) is 92.9 Å². The lowest BCUT2D eigenvalue weighted by molar-refractivity contribution is -0.117. The summed E-state index contributed by atoms with van der Waals surface area (Å²) in [6.45, 7) is 3.54. The fraction of sp³-hybridized carbons (Fsp3) is 0.143. The summed E-state index contributed by atoms with van der Waals surface area (Å²) in [4.78, 5) is 25.7. The molecular weight excluding hydrogens is 256 g/mol.